The van der Waals surface area contributed by atoms with E-state index in [0.29, 0.717) is 17.9 Å². The Morgan fingerprint density at radius 1 is 1.21 bits per heavy atom. The van der Waals surface area contributed by atoms with Gasteiger partial charge in [-0.2, -0.15) is 5.10 Å². The van der Waals surface area contributed by atoms with Crippen LogP contribution in [0.2, 0.25) is 0 Å². The molecule has 0 saturated carbocycles. The smallest absolute Gasteiger partial charge is 0.270 e. The molecule has 0 bridgehead atoms. The fourth-order valence-corrected chi connectivity index (χ4v) is 2.50. The third-order valence-electron chi connectivity index (χ3n) is 3.70. The summed E-state index contributed by atoms with van der Waals surface area (Å²) < 4.78 is 1.61. The average Bonchev–Trinajstić information content (AvgIpc) is 2.98. The molecule has 6 heteroatoms. The first kappa shape index (κ1) is 16.1. The molecular weight excluding hydrogens is 302 g/mol. The monoisotopic (exact) mass is 323 g/mol. The molecule has 3 aromatic rings. The number of amides is 1. The SMILES string of the molecule is Cc1cc(C(=O)NCCN(C)C)n2nc(-c3ccccc3)cc2n1. The second-order valence-corrected chi connectivity index (χ2v) is 6.01. The van der Waals surface area contributed by atoms with Crippen LogP contribution in [-0.4, -0.2) is 52.6 Å². The fourth-order valence-electron chi connectivity index (χ4n) is 2.50. The van der Waals surface area contributed by atoms with Gasteiger partial charge in [0.2, 0.25) is 0 Å². The highest BCUT2D eigenvalue weighted by Crippen LogP contribution is 2.19. The quantitative estimate of drug-likeness (QED) is 0.780. The zero-order valence-corrected chi connectivity index (χ0v) is 14.2. The lowest BCUT2D eigenvalue weighted by Gasteiger charge is -2.11. The highest BCUT2D eigenvalue weighted by atomic mass is 16.2. The second kappa shape index (κ2) is 6.80. The van der Waals surface area contributed by atoms with Crippen LogP contribution in [0, 0.1) is 6.92 Å². The van der Waals surface area contributed by atoms with Crippen molar-refractivity contribution in [1.82, 2.24) is 24.8 Å². The van der Waals surface area contributed by atoms with Gasteiger partial charge >= 0.3 is 0 Å². The highest BCUT2D eigenvalue weighted by Gasteiger charge is 2.15. The lowest BCUT2D eigenvalue weighted by Crippen LogP contribution is -2.32. The van der Waals surface area contributed by atoms with Crippen molar-refractivity contribution in [3.8, 4) is 11.3 Å². The molecule has 0 saturated heterocycles. The number of nitrogens with one attached hydrogen (secondary N) is 1. The highest BCUT2D eigenvalue weighted by molar-refractivity contribution is 5.93. The summed E-state index contributed by atoms with van der Waals surface area (Å²) in [6.45, 7) is 3.25. The number of rotatable bonds is 5. The zero-order valence-electron chi connectivity index (χ0n) is 14.2. The molecule has 0 unspecified atom stereocenters. The minimum atomic E-state index is -0.143. The van der Waals surface area contributed by atoms with Crippen LogP contribution in [0.3, 0.4) is 0 Å². The van der Waals surface area contributed by atoms with Gasteiger partial charge in [0.05, 0.1) is 5.69 Å². The van der Waals surface area contributed by atoms with E-state index in [1.54, 1.807) is 10.6 Å². The van der Waals surface area contributed by atoms with Crippen molar-refractivity contribution in [2.45, 2.75) is 6.92 Å². The third kappa shape index (κ3) is 3.44. The molecule has 2 aromatic heterocycles. The molecule has 0 aliphatic heterocycles. The van der Waals surface area contributed by atoms with E-state index in [-0.39, 0.29) is 5.91 Å². The van der Waals surface area contributed by atoms with Crippen molar-refractivity contribution >= 4 is 11.6 Å². The van der Waals surface area contributed by atoms with E-state index in [0.717, 1.165) is 23.5 Å². The summed E-state index contributed by atoms with van der Waals surface area (Å²) in [5, 5.41) is 7.50. The van der Waals surface area contributed by atoms with Crippen molar-refractivity contribution in [2.24, 2.45) is 0 Å². The van der Waals surface area contributed by atoms with Gasteiger partial charge in [-0.3, -0.25) is 4.79 Å². The number of aryl methyl sites for hydroxylation is 1. The first-order valence-corrected chi connectivity index (χ1v) is 7.90. The molecule has 0 radical (unpaired) electrons. The number of carbonyl (C=O) groups is 1. The standard InChI is InChI=1S/C18H21N5O/c1-13-11-16(18(24)19-9-10-22(2)3)23-17(20-13)12-15(21-23)14-7-5-4-6-8-14/h4-8,11-12H,9-10H2,1-3H3,(H,19,24). The number of benzene rings is 1. The number of aromatic nitrogens is 3. The van der Waals surface area contributed by atoms with Crippen molar-refractivity contribution in [2.75, 3.05) is 27.2 Å². The summed E-state index contributed by atoms with van der Waals surface area (Å²) in [6.07, 6.45) is 0. The van der Waals surface area contributed by atoms with Crippen molar-refractivity contribution in [1.29, 1.82) is 0 Å². The maximum atomic E-state index is 12.5. The van der Waals surface area contributed by atoms with Crippen LogP contribution in [0.4, 0.5) is 0 Å². The zero-order chi connectivity index (χ0) is 17.1. The Labute approximate surface area is 141 Å². The molecular formula is C18H21N5O. The summed E-state index contributed by atoms with van der Waals surface area (Å²) in [4.78, 5) is 19.0. The predicted octanol–water partition coefficient (Wildman–Crippen LogP) is 2.00. The number of carbonyl (C=O) groups excluding carboxylic acids is 1. The van der Waals surface area contributed by atoms with Crippen molar-refractivity contribution < 1.29 is 4.79 Å². The minimum absolute atomic E-state index is 0.143. The third-order valence-corrected chi connectivity index (χ3v) is 3.70. The topological polar surface area (TPSA) is 62.5 Å². The van der Waals surface area contributed by atoms with Gasteiger partial charge in [0.15, 0.2) is 5.65 Å². The number of fused-ring (bicyclic) bond motifs is 1. The van der Waals surface area contributed by atoms with Gasteiger partial charge in [-0.05, 0) is 27.1 Å². The molecule has 1 N–H and O–H groups in total. The summed E-state index contributed by atoms with van der Waals surface area (Å²) in [6, 6.07) is 13.5. The van der Waals surface area contributed by atoms with Crippen molar-refractivity contribution in [3.05, 3.63) is 53.9 Å². The predicted molar refractivity (Wildman–Crippen MR) is 94.0 cm³/mol. The molecule has 0 fully saturated rings. The van der Waals surface area contributed by atoms with Gasteiger partial charge in [0.1, 0.15) is 5.69 Å². The maximum Gasteiger partial charge on any atom is 0.270 e. The lowest BCUT2D eigenvalue weighted by atomic mass is 10.2. The van der Waals surface area contributed by atoms with Crippen LogP contribution >= 0.6 is 0 Å². The van der Waals surface area contributed by atoms with E-state index in [1.165, 1.54) is 0 Å². The Kier molecular flexibility index (Phi) is 4.57. The first-order valence-electron chi connectivity index (χ1n) is 7.90. The Hall–Kier alpha value is -2.73. The van der Waals surface area contributed by atoms with E-state index < -0.39 is 0 Å². The van der Waals surface area contributed by atoms with E-state index in [2.05, 4.69) is 15.4 Å². The molecule has 6 nitrogen and oxygen atoms in total. The van der Waals surface area contributed by atoms with Gasteiger partial charge in [0.25, 0.3) is 5.91 Å². The Bertz CT molecular complexity index is 854. The van der Waals surface area contributed by atoms with Crippen LogP contribution in [-0.2, 0) is 0 Å². The largest absolute Gasteiger partial charge is 0.349 e. The van der Waals surface area contributed by atoms with Crippen LogP contribution in [0.15, 0.2) is 42.5 Å². The molecule has 0 aliphatic rings. The van der Waals surface area contributed by atoms with Crippen LogP contribution in [0.1, 0.15) is 16.2 Å². The van der Waals surface area contributed by atoms with Gasteiger partial charge in [-0.25, -0.2) is 9.50 Å². The number of hydrogen-bond acceptors (Lipinski definition) is 4. The molecule has 0 aliphatic carbocycles. The van der Waals surface area contributed by atoms with Crippen LogP contribution in [0.5, 0.6) is 0 Å². The number of nitrogens with zero attached hydrogens (tertiary/aromatic N) is 4. The van der Waals surface area contributed by atoms with Gasteiger partial charge in [0, 0.05) is 30.4 Å². The molecule has 0 atom stereocenters. The van der Waals surface area contributed by atoms with E-state index in [9.17, 15) is 4.79 Å². The molecule has 1 aromatic carbocycles. The lowest BCUT2D eigenvalue weighted by molar-refractivity contribution is 0.0943. The summed E-state index contributed by atoms with van der Waals surface area (Å²) in [5.41, 5.74) is 3.76. The minimum Gasteiger partial charge on any atom is -0.349 e. The molecule has 2 heterocycles. The molecule has 24 heavy (non-hydrogen) atoms. The van der Waals surface area contributed by atoms with Gasteiger partial charge in [-0.1, -0.05) is 30.3 Å². The normalized spacial score (nSPS) is 11.2. The average molecular weight is 323 g/mol. The fraction of sp³-hybridized carbons (Fsp3) is 0.278. The van der Waals surface area contributed by atoms with E-state index >= 15 is 0 Å². The van der Waals surface area contributed by atoms with E-state index in [4.69, 9.17) is 0 Å². The maximum absolute atomic E-state index is 12.5. The van der Waals surface area contributed by atoms with E-state index in [1.807, 2.05) is 62.3 Å². The Balaban J connectivity index is 1.95. The van der Waals surface area contributed by atoms with Crippen LogP contribution in [0.25, 0.3) is 16.9 Å². The van der Waals surface area contributed by atoms with Gasteiger partial charge in [-0.15, -0.1) is 0 Å². The van der Waals surface area contributed by atoms with Crippen molar-refractivity contribution in [3.63, 3.8) is 0 Å². The number of hydrogen-bond donors (Lipinski definition) is 1. The van der Waals surface area contributed by atoms with Gasteiger partial charge < -0.3 is 10.2 Å². The summed E-state index contributed by atoms with van der Waals surface area (Å²) >= 11 is 0. The summed E-state index contributed by atoms with van der Waals surface area (Å²) in [5.74, 6) is -0.143. The molecule has 3 rings (SSSR count). The first-order chi connectivity index (χ1) is 11.5. The Morgan fingerprint density at radius 2 is 1.96 bits per heavy atom. The molecule has 0 spiro atoms. The number of likely N-dealkylation sites (N-methyl/N-ethyl adjacent to an activating group) is 1. The molecule has 1 amide bonds. The molecule has 124 valence electrons. The van der Waals surface area contributed by atoms with Crippen LogP contribution < -0.4 is 5.32 Å². The summed E-state index contributed by atoms with van der Waals surface area (Å²) in [7, 11) is 3.95. The Morgan fingerprint density at radius 3 is 2.67 bits per heavy atom. The second-order valence-electron chi connectivity index (χ2n) is 6.01.